The van der Waals surface area contributed by atoms with E-state index in [1.54, 1.807) is 0 Å². The minimum atomic E-state index is 0.268. The van der Waals surface area contributed by atoms with Gasteiger partial charge < -0.3 is 4.90 Å². The third kappa shape index (κ3) is 3.82. The molecule has 1 aromatic rings. The number of halogens is 1. The van der Waals surface area contributed by atoms with Crippen LogP contribution in [0.25, 0.3) is 0 Å². The van der Waals surface area contributed by atoms with Crippen LogP contribution < -0.4 is 0 Å². The van der Waals surface area contributed by atoms with Crippen LogP contribution >= 0.6 is 15.9 Å². The highest BCUT2D eigenvalue weighted by Crippen LogP contribution is 2.26. The normalized spacial score (nSPS) is 16.0. The zero-order valence-electron chi connectivity index (χ0n) is 11.7. The number of benzene rings is 1. The highest BCUT2D eigenvalue weighted by atomic mass is 79.9. The lowest BCUT2D eigenvalue weighted by Crippen LogP contribution is -2.44. The molecule has 0 spiro atoms. The number of amides is 1. The second kappa shape index (κ2) is 6.56. The Hall–Kier alpha value is -0.830. The van der Waals surface area contributed by atoms with Gasteiger partial charge in [-0.3, -0.25) is 4.79 Å². The van der Waals surface area contributed by atoms with Crippen molar-refractivity contribution in [2.45, 2.75) is 58.0 Å². The minimum absolute atomic E-state index is 0.268. The molecule has 0 N–H and O–H groups in total. The molecule has 1 aromatic carbocycles. The van der Waals surface area contributed by atoms with Gasteiger partial charge in [0.1, 0.15) is 0 Å². The molecular weight excluding hydrogens is 302 g/mol. The Morgan fingerprint density at radius 2 is 1.84 bits per heavy atom. The van der Waals surface area contributed by atoms with E-state index in [9.17, 15) is 4.79 Å². The Labute approximate surface area is 124 Å². The summed E-state index contributed by atoms with van der Waals surface area (Å²) < 4.78 is 1.06. The van der Waals surface area contributed by atoms with Crippen molar-refractivity contribution in [1.29, 1.82) is 0 Å². The van der Waals surface area contributed by atoms with Crippen LogP contribution in [0.3, 0.4) is 0 Å². The van der Waals surface area contributed by atoms with E-state index >= 15 is 0 Å². The molecule has 104 valence electrons. The largest absolute Gasteiger partial charge is 0.337 e. The molecule has 0 radical (unpaired) electrons. The summed E-state index contributed by atoms with van der Waals surface area (Å²) in [7, 11) is 0. The van der Waals surface area contributed by atoms with Crippen LogP contribution in [-0.2, 0) is 11.2 Å². The maximum absolute atomic E-state index is 12.5. The van der Waals surface area contributed by atoms with E-state index in [1.807, 2.05) is 24.3 Å². The number of nitrogens with zero attached hydrogens (tertiary/aromatic N) is 1. The zero-order valence-corrected chi connectivity index (χ0v) is 13.3. The molecule has 0 aromatic heterocycles. The van der Waals surface area contributed by atoms with E-state index < -0.39 is 0 Å². The van der Waals surface area contributed by atoms with Gasteiger partial charge >= 0.3 is 0 Å². The molecule has 0 bridgehead atoms. The fourth-order valence-electron chi connectivity index (χ4n) is 2.96. The van der Waals surface area contributed by atoms with Gasteiger partial charge in [0.2, 0.25) is 5.91 Å². The summed E-state index contributed by atoms with van der Waals surface area (Å²) in [4.78, 5) is 14.6. The Bertz CT molecular complexity index is 421. The SMILES string of the molecule is CC(C)N(C(=O)Cc1ccc(Br)cc1)C1CCCC1. The van der Waals surface area contributed by atoms with Gasteiger partial charge in [-0.2, -0.15) is 0 Å². The lowest BCUT2D eigenvalue weighted by Gasteiger charge is -2.33. The van der Waals surface area contributed by atoms with Crippen LogP contribution in [-0.4, -0.2) is 22.9 Å². The van der Waals surface area contributed by atoms with E-state index in [1.165, 1.54) is 25.7 Å². The monoisotopic (exact) mass is 323 g/mol. The summed E-state index contributed by atoms with van der Waals surface area (Å²) in [6.45, 7) is 4.25. The minimum Gasteiger partial charge on any atom is -0.337 e. The molecule has 2 nitrogen and oxygen atoms in total. The molecule has 2 rings (SSSR count). The summed E-state index contributed by atoms with van der Waals surface area (Å²) in [5, 5.41) is 0. The van der Waals surface area contributed by atoms with Crippen molar-refractivity contribution in [1.82, 2.24) is 4.90 Å². The first-order valence-electron chi connectivity index (χ1n) is 7.13. The number of rotatable bonds is 4. The first kappa shape index (κ1) is 14.6. The molecule has 1 saturated carbocycles. The van der Waals surface area contributed by atoms with Crippen LogP contribution in [0.1, 0.15) is 45.1 Å². The van der Waals surface area contributed by atoms with Gasteiger partial charge in [-0.15, -0.1) is 0 Å². The lowest BCUT2D eigenvalue weighted by molar-refractivity contribution is -0.134. The van der Waals surface area contributed by atoms with Gasteiger partial charge in [0, 0.05) is 16.6 Å². The first-order chi connectivity index (χ1) is 9.08. The average Bonchev–Trinajstić information content (AvgIpc) is 2.85. The van der Waals surface area contributed by atoms with Crippen molar-refractivity contribution < 1.29 is 4.79 Å². The predicted octanol–water partition coefficient (Wildman–Crippen LogP) is 4.17. The maximum atomic E-state index is 12.5. The fourth-order valence-corrected chi connectivity index (χ4v) is 3.23. The second-order valence-corrected chi connectivity index (χ2v) is 6.55. The molecule has 1 fully saturated rings. The average molecular weight is 324 g/mol. The van der Waals surface area contributed by atoms with E-state index in [4.69, 9.17) is 0 Å². The summed E-state index contributed by atoms with van der Waals surface area (Å²) >= 11 is 3.42. The Kier molecular flexibility index (Phi) is 5.03. The Balaban J connectivity index is 2.05. The van der Waals surface area contributed by atoms with Crippen molar-refractivity contribution in [2.24, 2.45) is 0 Å². The van der Waals surface area contributed by atoms with Gasteiger partial charge in [-0.1, -0.05) is 40.9 Å². The summed E-state index contributed by atoms with van der Waals surface area (Å²) in [6.07, 6.45) is 5.38. The molecule has 0 saturated heterocycles. The van der Waals surface area contributed by atoms with Gasteiger partial charge in [0.15, 0.2) is 0 Å². The highest BCUT2D eigenvalue weighted by Gasteiger charge is 2.28. The van der Waals surface area contributed by atoms with Crippen LogP contribution in [0.4, 0.5) is 0 Å². The number of hydrogen-bond acceptors (Lipinski definition) is 1. The van der Waals surface area contributed by atoms with Gasteiger partial charge in [0.05, 0.1) is 6.42 Å². The molecule has 19 heavy (non-hydrogen) atoms. The summed E-state index contributed by atoms with van der Waals surface area (Å²) in [5.41, 5.74) is 1.09. The molecule has 1 aliphatic rings. The molecule has 0 atom stereocenters. The third-order valence-corrected chi connectivity index (χ3v) is 4.36. The summed E-state index contributed by atoms with van der Waals surface area (Å²) in [5.74, 6) is 0.268. The van der Waals surface area contributed by atoms with Crippen molar-refractivity contribution in [3.05, 3.63) is 34.3 Å². The number of carbonyl (C=O) groups is 1. The van der Waals surface area contributed by atoms with Gasteiger partial charge in [-0.05, 0) is 44.4 Å². The standard InChI is InChI=1S/C16H22BrNO/c1-12(2)18(15-5-3-4-6-15)16(19)11-13-7-9-14(17)10-8-13/h7-10,12,15H,3-6,11H2,1-2H3. The van der Waals surface area contributed by atoms with Crippen molar-refractivity contribution in [2.75, 3.05) is 0 Å². The topological polar surface area (TPSA) is 20.3 Å². The highest BCUT2D eigenvalue weighted by molar-refractivity contribution is 9.10. The van der Waals surface area contributed by atoms with E-state index in [-0.39, 0.29) is 5.91 Å². The quantitative estimate of drug-likeness (QED) is 0.814. The molecule has 1 aliphatic carbocycles. The molecule has 0 heterocycles. The Morgan fingerprint density at radius 1 is 1.26 bits per heavy atom. The number of carbonyl (C=O) groups excluding carboxylic acids is 1. The fraction of sp³-hybridized carbons (Fsp3) is 0.562. The van der Waals surface area contributed by atoms with E-state index in [0.29, 0.717) is 18.5 Å². The van der Waals surface area contributed by atoms with Crippen LogP contribution in [0, 0.1) is 0 Å². The molecule has 0 unspecified atom stereocenters. The van der Waals surface area contributed by atoms with Crippen molar-refractivity contribution in [3.63, 3.8) is 0 Å². The van der Waals surface area contributed by atoms with Crippen LogP contribution in [0.5, 0.6) is 0 Å². The molecule has 0 aliphatic heterocycles. The van der Waals surface area contributed by atoms with Crippen LogP contribution in [0.2, 0.25) is 0 Å². The number of hydrogen-bond donors (Lipinski definition) is 0. The van der Waals surface area contributed by atoms with Crippen molar-refractivity contribution in [3.8, 4) is 0 Å². The van der Waals surface area contributed by atoms with Gasteiger partial charge in [-0.25, -0.2) is 0 Å². The molecule has 3 heteroatoms. The maximum Gasteiger partial charge on any atom is 0.227 e. The second-order valence-electron chi connectivity index (χ2n) is 5.64. The smallest absolute Gasteiger partial charge is 0.227 e. The van der Waals surface area contributed by atoms with Crippen molar-refractivity contribution >= 4 is 21.8 Å². The Morgan fingerprint density at radius 3 is 2.37 bits per heavy atom. The zero-order chi connectivity index (χ0) is 13.8. The lowest BCUT2D eigenvalue weighted by atomic mass is 10.1. The molecular formula is C16H22BrNO. The summed E-state index contributed by atoms with van der Waals surface area (Å²) in [6, 6.07) is 8.80. The predicted molar refractivity (Wildman–Crippen MR) is 82.1 cm³/mol. The third-order valence-electron chi connectivity index (χ3n) is 3.83. The first-order valence-corrected chi connectivity index (χ1v) is 7.93. The van der Waals surface area contributed by atoms with E-state index in [2.05, 4.69) is 34.7 Å². The van der Waals surface area contributed by atoms with E-state index in [0.717, 1.165) is 10.0 Å². The van der Waals surface area contributed by atoms with Crippen LogP contribution in [0.15, 0.2) is 28.7 Å². The van der Waals surface area contributed by atoms with Gasteiger partial charge in [0.25, 0.3) is 0 Å². The molecule has 1 amide bonds.